The van der Waals surface area contributed by atoms with Crippen LogP contribution in [0.3, 0.4) is 0 Å². The molecule has 1 N–H and O–H groups in total. The number of benzene rings is 3. The second kappa shape index (κ2) is 8.97. The van der Waals surface area contributed by atoms with Gasteiger partial charge < -0.3 is 5.32 Å². The Morgan fingerprint density at radius 1 is 1.06 bits per heavy atom. The molecule has 6 nitrogen and oxygen atoms in total. The third kappa shape index (κ3) is 3.76. The van der Waals surface area contributed by atoms with Crippen LogP contribution in [0.15, 0.2) is 83.9 Å². The molecule has 3 aromatic carbocycles. The maximum atomic E-state index is 13.7. The summed E-state index contributed by atoms with van der Waals surface area (Å²) in [7, 11) is 0. The Hall–Kier alpha value is -4.21. The molecule has 0 fully saturated rings. The zero-order chi connectivity index (χ0) is 23.7. The smallest absolute Gasteiger partial charge is 0.264 e. The minimum absolute atomic E-state index is 0.177. The molecule has 5 aromatic rings. The quantitative estimate of drug-likeness (QED) is 0.343. The number of nitriles is 1. The molecule has 0 amide bonds. The molecule has 2 aromatic heterocycles. The summed E-state index contributed by atoms with van der Waals surface area (Å²) in [5.74, 6) is 0.604. The van der Waals surface area contributed by atoms with Crippen LogP contribution in [0.4, 0.5) is 5.82 Å². The number of nitrogens with one attached hydrogen (secondary N) is 1. The van der Waals surface area contributed by atoms with E-state index in [2.05, 4.69) is 21.4 Å². The van der Waals surface area contributed by atoms with Crippen molar-refractivity contribution in [1.29, 1.82) is 5.26 Å². The molecule has 0 aliphatic heterocycles. The largest absolute Gasteiger partial charge is 0.361 e. The van der Waals surface area contributed by atoms with Crippen LogP contribution >= 0.6 is 11.6 Å². The van der Waals surface area contributed by atoms with Crippen LogP contribution in [0.2, 0.25) is 5.02 Å². The second-order valence-electron chi connectivity index (χ2n) is 7.92. The highest BCUT2D eigenvalue weighted by Crippen LogP contribution is 2.30. The molecule has 1 atom stereocenters. The van der Waals surface area contributed by atoms with E-state index in [0.29, 0.717) is 28.2 Å². The molecular formula is C27H20ClN5O. The van der Waals surface area contributed by atoms with Gasteiger partial charge in [0.05, 0.1) is 33.6 Å². The molecule has 0 spiro atoms. The Bertz CT molecular complexity index is 1620. The molecule has 0 aliphatic carbocycles. The SMILES string of the molecule is CC[C@H](Nc1ncnc2ccc(C#N)cc12)c1cc2cccc(Cl)c2c(=O)n1-c1ccccc1. The van der Waals surface area contributed by atoms with E-state index in [1.807, 2.05) is 55.5 Å². The number of nitrogens with zero attached hydrogens (tertiary/aromatic N) is 4. The Kier molecular flexibility index (Phi) is 5.70. The van der Waals surface area contributed by atoms with E-state index in [1.54, 1.807) is 28.8 Å². The molecule has 2 heterocycles. The number of fused-ring (bicyclic) bond motifs is 2. The Labute approximate surface area is 201 Å². The fourth-order valence-corrected chi connectivity index (χ4v) is 4.49. The lowest BCUT2D eigenvalue weighted by molar-refractivity contribution is 0.689. The van der Waals surface area contributed by atoms with Crippen molar-refractivity contribution in [2.45, 2.75) is 19.4 Å². The van der Waals surface area contributed by atoms with Crippen LogP contribution in [0.1, 0.15) is 30.6 Å². The van der Waals surface area contributed by atoms with Gasteiger partial charge in [-0.2, -0.15) is 5.26 Å². The maximum Gasteiger partial charge on any atom is 0.264 e. The zero-order valence-electron chi connectivity index (χ0n) is 18.4. The van der Waals surface area contributed by atoms with Crippen LogP contribution in [0.5, 0.6) is 0 Å². The molecule has 0 saturated heterocycles. The van der Waals surface area contributed by atoms with Crippen molar-refractivity contribution >= 4 is 39.1 Å². The lowest BCUT2D eigenvalue weighted by Crippen LogP contribution is -2.26. The highest BCUT2D eigenvalue weighted by Gasteiger charge is 2.20. The number of pyridine rings is 1. The Morgan fingerprint density at radius 3 is 2.65 bits per heavy atom. The maximum absolute atomic E-state index is 13.7. The Morgan fingerprint density at radius 2 is 1.88 bits per heavy atom. The van der Waals surface area contributed by atoms with Crippen molar-refractivity contribution in [3.05, 3.63) is 106 Å². The molecular weight excluding hydrogens is 446 g/mol. The number of para-hydroxylation sites is 1. The number of anilines is 1. The number of hydrogen-bond acceptors (Lipinski definition) is 5. The number of aromatic nitrogens is 3. The van der Waals surface area contributed by atoms with Crippen molar-refractivity contribution in [2.75, 3.05) is 5.32 Å². The average molecular weight is 466 g/mol. The van der Waals surface area contributed by atoms with Gasteiger partial charge in [0.15, 0.2) is 0 Å². The van der Waals surface area contributed by atoms with Gasteiger partial charge in [-0.1, -0.05) is 48.9 Å². The third-order valence-corrected chi connectivity index (χ3v) is 6.19. The van der Waals surface area contributed by atoms with E-state index in [1.165, 1.54) is 6.33 Å². The Balaban J connectivity index is 1.73. The van der Waals surface area contributed by atoms with Gasteiger partial charge in [0.25, 0.3) is 5.56 Å². The van der Waals surface area contributed by atoms with Crippen LogP contribution in [-0.4, -0.2) is 14.5 Å². The summed E-state index contributed by atoms with van der Waals surface area (Å²) < 4.78 is 1.71. The van der Waals surface area contributed by atoms with E-state index < -0.39 is 0 Å². The summed E-state index contributed by atoms with van der Waals surface area (Å²) in [4.78, 5) is 22.5. The fourth-order valence-electron chi connectivity index (χ4n) is 4.23. The normalized spacial score (nSPS) is 11.9. The number of hydrogen-bond donors (Lipinski definition) is 1. The first-order valence-electron chi connectivity index (χ1n) is 10.9. The van der Waals surface area contributed by atoms with Gasteiger partial charge in [0.1, 0.15) is 12.1 Å². The molecule has 7 heteroatoms. The first-order valence-corrected chi connectivity index (χ1v) is 11.3. The number of halogens is 1. The molecule has 0 aliphatic rings. The fraction of sp³-hybridized carbons (Fsp3) is 0.111. The van der Waals surface area contributed by atoms with Crippen LogP contribution < -0.4 is 10.9 Å². The summed E-state index contributed by atoms with van der Waals surface area (Å²) in [5, 5.41) is 15.3. The molecule has 34 heavy (non-hydrogen) atoms. The summed E-state index contributed by atoms with van der Waals surface area (Å²) in [5.41, 5.74) is 2.63. The van der Waals surface area contributed by atoms with Gasteiger partial charge in [-0.05, 0) is 54.3 Å². The van der Waals surface area contributed by atoms with Crippen molar-refractivity contribution < 1.29 is 0 Å². The van der Waals surface area contributed by atoms with Gasteiger partial charge in [0, 0.05) is 16.8 Å². The van der Waals surface area contributed by atoms with Gasteiger partial charge in [-0.3, -0.25) is 9.36 Å². The lowest BCUT2D eigenvalue weighted by Gasteiger charge is -2.24. The topological polar surface area (TPSA) is 83.6 Å². The predicted octanol–water partition coefficient (Wildman–Crippen LogP) is 6.02. The molecule has 0 saturated carbocycles. The minimum atomic E-state index is -0.250. The monoisotopic (exact) mass is 465 g/mol. The van der Waals surface area contributed by atoms with Crippen LogP contribution in [0, 0.1) is 11.3 Å². The van der Waals surface area contributed by atoms with E-state index in [4.69, 9.17) is 11.6 Å². The average Bonchev–Trinajstić information content (AvgIpc) is 2.87. The van der Waals surface area contributed by atoms with E-state index in [-0.39, 0.29) is 11.6 Å². The van der Waals surface area contributed by atoms with Gasteiger partial charge in [-0.25, -0.2) is 9.97 Å². The van der Waals surface area contributed by atoms with E-state index in [9.17, 15) is 10.1 Å². The lowest BCUT2D eigenvalue weighted by atomic mass is 10.0. The summed E-state index contributed by atoms with van der Waals surface area (Å²) in [6, 6.07) is 24.2. The number of rotatable bonds is 5. The van der Waals surface area contributed by atoms with Crippen LogP contribution in [-0.2, 0) is 0 Å². The van der Waals surface area contributed by atoms with Crippen molar-refractivity contribution in [3.63, 3.8) is 0 Å². The van der Waals surface area contributed by atoms with Crippen molar-refractivity contribution in [3.8, 4) is 11.8 Å². The molecule has 0 bridgehead atoms. The predicted molar refractivity (Wildman–Crippen MR) is 135 cm³/mol. The molecule has 166 valence electrons. The first kappa shape index (κ1) is 21.6. The summed E-state index contributed by atoms with van der Waals surface area (Å²) in [6.07, 6.45) is 2.18. The molecule has 0 unspecified atom stereocenters. The van der Waals surface area contributed by atoms with Gasteiger partial charge >= 0.3 is 0 Å². The van der Waals surface area contributed by atoms with Crippen molar-refractivity contribution in [1.82, 2.24) is 14.5 Å². The molecule has 0 radical (unpaired) electrons. The zero-order valence-corrected chi connectivity index (χ0v) is 19.1. The van der Waals surface area contributed by atoms with Gasteiger partial charge in [-0.15, -0.1) is 0 Å². The second-order valence-corrected chi connectivity index (χ2v) is 8.33. The van der Waals surface area contributed by atoms with Crippen LogP contribution in [0.25, 0.3) is 27.4 Å². The minimum Gasteiger partial charge on any atom is -0.361 e. The highest BCUT2D eigenvalue weighted by atomic mass is 35.5. The molecule has 5 rings (SSSR count). The van der Waals surface area contributed by atoms with E-state index >= 15 is 0 Å². The van der Waals surface area contributed by atoms with Gasteiger partial charge in [0.2, 0.25) is 0 Å². The van der Waals surface area contributed by atoms with Crippen molar-refractivity contribution in [2.24, 2.45) is 0 Å². The summed E-state index contributed by atoms with van der Waals surface area (Å²) >= 11 is 6.44. The van der Waals surface area contributed by atoms with E-state index in [0.717, 1.165) is 27.7 Å². The first-order chi connectivity index (χ1) is 16.6. The highest BCUT2D eigenvalue weighted by molar-refractivity contribution is 6.35. The third-order valence-electron chi connectivity index (χ3n) is 5.88. The standard InChI is InChI=1S/C27H20ClN5O/c1-2-22(32-26-20-13-17(15-29)11-12-23(20)30-16-31-26)24-14-18-7-6-10-21(28)25(18)27(34)33(24)19-8-4-3-5-9-19/h3-14,16,22H,2H2,1H3,(H,30,31,32)/t22-/m0/s1. The summed E-state index contributed by atoms with van der Waals surface area (Å²) in [6.45, 7) is 2.05.